The van der Waals surface area contributed by atoms with Crippen LogP contribution in [0.15, 0.2) is 65.6 Å². The number of methoxy groups -OCH3 is 1. The van der Waals surface area contributed by atoms with Crippen molar-refractivity contribution in [2.75, 3.05) is 23.3 Å². The Morgan fingerprint density at radius 1 is 1.00 bits per heavy atom. The van der Waals surface area contributed by atoms with Crippen molar-refractivity contribution in [3.05, 3.63) is 82.4 Å². The number of benzene rings is 3. The molecule has 0 bridgehead atoms. The number of halogens is 1. The van der Waals surface area contributed by atoms with Crippen LogP contribution in [0.4, 0.5) is 11.4 Å². The summed E-state index contributed by atoms with van der Waals surface area (Å²) >= 11 is 6.15. The van der Waals surface area contributed by atoms with Gasteiger partial charge in [-0.25, -0.2) is 8.42 Å². The summed E-state index contributed by atoms with van der Waals surface area (Å²) in [4.78, 5) is 13.1. The number of nitrogens with one attached hydrogen (secondary N) is 1. The number of aryl methyl sites for hydroxylation is 2. The molecule has 0 radical (unpaired) electrons. The molecule has 1 amide bonds. The van der Waals surface area contributed by atoms with Crippen molar-refractivity contribution in [3.8, 4) is 5.75 Å². The van der Waals surface area contributed by atoms with Crippen LogP contribution in [0.25, 0.3) is 0 Å². The van der Waals surface area contributed by atoms with Gasteiger partial charge < -0.3 is 10.1 Å². The van der Waals surface area contributed by atoms with Crippen molar-refractivity contribution in [3.63, 3.8) is 0 Å². The molecule has 3 aromatic rings. The molecule has 6 nitrogen and oxygen atoms in total. The highest BCUT2D eigenvalue weighted by Gasteiger charge is 2.29. The lowest BCUT2D eigenvalue weighted by molar-refractivity contribution is -0.114. The van der Waals surface area contributed by atoms with Gasteiger partial charge in [-0.2, -0.15) is 0 Å². The minimum Gasteiger partial charge on any atom is -0.495 e. The standard InChI is InChI=1S/C24H25ClN2O4S/c1-16-8-11-19(12-9-16)32(29,30)27(22-14-17(2)10-13-23(22)31-4)15-24(28)26-21-7-5-6-20(25)18(21)3/h5-14H,15H2,1-4H3,(H,26,28). The lowest BCUT2D eigenvalue weighted by Gasteiger charge is -2.26. The number of anilines is 2. The van der Waals surface area contributed by atoms with Crippen molar-refractivity contribution in [1.29, 1.82) is 0 Å². The van der Waals surface area contributed by atoms with E-state index >= 15 is 0 Å². The third-order valence-corrected chi connectivity index (χ3v) is 7.22. The summed E-state index contributed by atoms with van der Waals surface area (Å²) in [5.74, 6) is -0.160. The minimum atomic E-state index is -4.06. The molecule has 0 heterocycles. The first-order valence-electron chi connectivity index (χ1n) is 9.92. The Labute approximate surface area is 193 Å². The number of carbonyl (C=O) groups is 1. The second-order valence-electron chi connectivity index (χ2n) is 7.46. The SMILES string of the molecule is COc1ccc(C)cc1N(CC(=O)Nc1cccc(Cl)c1C)S(=O)(=O)c1ccc(C)cc1. The normalized spacial score (nSPS) is 11.2. The lowest BCUT2D eigenvalue weighted by Crippen LogP contribution is -2.38. The summed E-state index contributed by atoms with van der Waals surface area (Å²) in [7, 11) is -2.60. The van der Waals surface area contributed by atoms with Crippen LogP contribution < -0.4 is 14.4 Å². The van der Waals surface area contributed by atoms with Gasteiger partial charge in [-0.1, -0.05) is 41.4 Å². The van der Waals surface area contributed by atoms with E-state index in [0.29, 0.717) is 22.0 Å². The molecule has 0 aliphatic rings. The molecule has 1 N–H and O–H groups in total. The molecule has 0 saturated carbocycles. The van der Waals surface area contributed by atoms with Gasteiger partial charge in [-0.05, 0) is 68.3 Å². The fourth-order valence-corrected chi connectivity index (χ4v) is 4.79. The molecule has 0 atom stereocenters. The monoisotopic (exact) mass is 472 g/mol. The van der Waals surface area contributed by atoms with Gasteiger partial charge in [0.15, 0.2) is 0 Å². The maximum absolute atomic E-state index is 13.6. The number of amides is 1. The zero-order valence-electron chi connectivity index (χ0n) is 18.3. The van der Waals surface area contributed by atoms with E-state index in [9.17, 15) is 13.2 Å². The number of hydrogen-bond acceptors (Lipinski definition) is 4. The maximum Gasteiger partial charge on any atom is 0.264 e. The quantitative estimate of drug-likeness (QED) is 0.518. The van der Waals surface area contributed by atoms with Crippen LogP contribution >= 0.6 is 11.6 Å². The average molecular weight is 473 g/mol. The number of rotatable bonds is 7. The number of nitrogens with zero attached hydrogens (tertiary/aromatic N) is 1. The molecule has 0 unspecified atom stereocenters. The van der Waals surface area contributed by atoms with E-state index in [1.54, 1.807) is 49.4 Å². The van der Waals surface area contributed by atoms with Crippen LogP contribution in [0.3, 0.4) is 0 Å². The van der Waals surface area contributed by atoms with Gasteiger partial charge in [0.2, 0.25) is 5.91 Å². The lowest BCUT2D eigenvalue weighted by atomic mass is 10.2. The highest BCUT2D eigenvalue weighted by atomic mass is 35.5. The minimum absolute atomic E-state index is 0.0818. The van der Waals surface area contributed by atoms with Crippen LogP contribution in [0.5, 0.6) is 5.75 Å². The Bertz CT molecular complexity index is 1240. The molecule has 32 heavy (non-hydrogen) atoms. The largest absolute Gasteiger partial charge is 0.495 e. The first-order chi connectivity index (χ1) is 15.1. The van der Waals surface area contributed by atoms with Crippen LogP contribution in [0.2, 0.25) is 5.02 Å². The molecule has 0 spiro atoms. The van der Waals surface area contributed by atoms with Crippen molar-refractivity contribution in [1.82, 2.24) is 0 Å². The fraction of sp³-hybridized carbons (Fsp3) is 0.208. The highest BCUT2D eigenvalue weighted by Crippen LogP contribution is 2.33. The Morgan fingerprint density at radius 2 is 1.66 bits per heavy atom. The van der Waals surface area contributed by atoms with Crippen LogP contribution in [-0.4, -0.2) is 28.0 Å². The van der Waals surface area contributed by atoms with Gasteiger partial charge in [0.1, 0.15) is 12.3 Å². The summed E-state index contributed by atoms with van der Waals surface area (Å²) in [5.41, 5.74) is 3.26. The van der Waals surface area contributed by atoms with Gasteiger partial charge in [0.25, 0.3) is 10.0 Å². The summed E-state index contributed by atoms with van der Waals surface area (Å²) in [5, 5.41) is 3.27. The number of hydrogen-bond donors (Lipinski definition) is 1. The van der Waals surface area contributed by atoms with Gasteiger partial charge in [-0.3, -0.25) is 9.10 Å². The second-order valence-corrected chi connectivity index (χ2v) is 9.73. The average Bonchev–Trinajstić information content (AvgIpc) is 2.75. The van der Waals surface area contributed by atoms with Gasteiger partial charge >= 0.3 is 0 Å². The molecular formula is C24H25ClN2O4S. The second kappa shape index (κ2) is 9.63. The number of sulfonamides is 1. The zero-order valence-corrected chi connectivity index (χ0v) is 19.9. The number of carbonyl (C=O) groups excluding carboxylic acids is 1. The molecule has 3 rings (SSSR count). The summed E-state index contributed by atoms with van der Waals surface area (Å²) in [6.07, 6.45) is 0. The Balaban J connectivity index is 2.05. The first kappa shape index (κ1) is 23.6. The Morgan fingerprint density at radius 3 is 2.31 bits per heavy atom. The number of ether oxygens (including phenoxy) is 1. The van der Waals surface area contributed by atoms with E-state index in [2.05, 4.69) is 5.32 Å². The molecule has 0 aromatic heterocycles. The summed E-state index contributed by atoms with van der Waals surface area (Å²) in [6.45, 7) is 5.05. The predicted molar refractivity (Wildman–Crippen MR) is 128 cm³/mol. The fourth-order valence-electron chi connectivity index (χ4n) is 3.20. The smallest absolute Gasteiger partial charge is 0.264 e. The van der Waals surface area contributed by atoms with Crippen molar-refractivity contribution < 1.29 is 17.9 Å². The van der Waals surface area contributed by atoms with E-state index in [4.69, 9.17) is 16.3 Å². The molecular weight excluding hydrogens is 448 g/mol. The third kappa shape index (κ3) is 5.06. The van der Waals surface area contributed by atoms with E-state index in [0.717, 1.165) is 15.4 Å². The predicted octanol–water partition coefficient (Wildman–Crippen LogP) is 5.11. The van der Waals surface area contributed by atoms with E-state index in [-0.39, 0.29) is 10.6 Å². The van der Waals surface area contributed by atoms with Crippen LogP contribution in [-0.2, 0) is 14.8 Å². The van der Waals surface area contributed by atoms with Crippen molar-refractivity contribution in [2.24, 2.45) is 0 Å². The zero-order chi connectivity index (χ0) is 23.5. The van der Waals surface area contributed by atoms with E-state index in [1.807, 2.05) is 19.9 Å². The van der Waals surface area contributed by atoms with Gasteiger partial charge in [0, 0.05) is 10.7 Å². The molecule has 3 aromatic carbocycles. The molecule has 8 heteroatoms. The molecule has 0 fully saturated rings. The van der Waals surface area contributed by atoms with Crippen molar-refractivity contribution >= 4 is 38.9 Å². The third-order valence-electron chi connectivity index (χ3n) is 5.04. The van der Waals surface area contributed by atoms with Gasteiger partial charge in [0.05, 0.1) is 17.7 Å². The molecule has 168 valence electrons. The summed E-state index contributed by atoms with van der Waals surface area (Å²) < 4.78 is 33.7. The van der Waals surface area contributed by atoms with E-state index < -0.39 is 22.5 Å². The van der Waals surface area contributed by atoms with Crippen molar-refractivity contribution in [2.45, 2.75) is 25.7 Å². The topological polar surface area (TPSA) is 75.7 Å². The Kier molecular flexibility index (Phi) is 7.11. The van der Waals surface area contributed by atoms with Crippen LogP contribution in [0, 0.1) is 20.8 Å². The maximum atomic E-state index is 13.6. The van der Waals surface area contributed by atoms with Crippen LogP contribution in [0.1, 0.15) is 16.7 Å². The molecule has 0 aliphatic carbocycles. The van der Waals surface area contributed by atoms with Gasteiger partial charge in [-0.15, -0.1) is 0 Å². The Hall–Kier alpha value is -3.03. The molecule has 0 aliphatic heterocycles. The molecule has 0 saturated heterocycles. The summed E-state index contributed by atoms with van der Waals surface area (Å²) in [6, 6.07) is 16.8. The van der Waals surface area contributed by atoms with E-state index in [1.165, 1.54) is 19.2 Å². The highest BCUT2D eigenvalue weighted by molar-refractivity contribution is 7.92. The first-order valence-corrected chi connectivity index (χ1v) is 11.7.